The zero-order valence-corrected chi connectivity index (χ0v) is 18.5. The number of aromatic nitrogens is 1. The quantitative estimate of drug-likeness (QED) is 0.576. The normalized spacial score (nSPS) is 15.2. The molecule has 1 aromatic heterocycles. The van der Waals surface area contributed by atoms with Crippen molar-refractivity contribution in [2.45, 2.75) is 32.4 Å². The van der Waals surface area contributed by atoms with Crippen molar-refractivity contribution in [2.75, 3.05) is 27.3 Å². The predicted octanol–water partition coefficient (Wildman–Crippen LogP) is 3.70. The number of ether oxygens (including phenoxy) is 2. The fourth-order valence-electron chi connectivity index (χ4n) is 4.26. The molecule has 1 amide bonds. The molecular formula is C24H29N4O4+. The van der Waals surface area contributed by atoms with Crippen LogP contribution in [0.4, 0.5) is 5.69 Å². The zero-order valence-electron chi connectivity index (χ0n) is 18.5. The van der Waals surface area contributed by atoms with Crippen LogP contribution in [0.25, 0.3) is 10.9 Å². The lowest BCUT2D eigenvalue weighted by atomic mass is 10.2. The predicted molar refractivity (Wildman–Crippen MR) is 121 cm³/mol. The molecule has 1 fully saturated rings. The maximum absolute atomic E-state index is 12.6. The van der Waals surface area contributed by atoms with Crippen LogP contribution in [0.3, 0.4) is 0 Å². The van der Waals surface area contributed by atoms with Crippen LogP contribution in [-0.2, 0) is 6.67 Å². The van der Waals surface area contributed by atoms with E-state index in [2.05, 4.69) is 10.2 Å². The number of likely N-dealkylation sites (tertiary alicyclic amines) is 1. The smallest absolute Gasteiger partial charge is 0.295 e. The molecule has 2 aromatic carbocycles. The molecule has 3 aromatic rings. The molecule has 1 saturated heterocycles. The van der Waals surface area contributed by atoms with Gasteiger partial charge in [-0.3, -0.25) is 9.36 Å². The minimum atomic E-state index is -0.527. The van der Waals surface area contributed by atoms with Gasteiger partial charge >= 0.3 is 0 Å². The third-order valence-electron chi connectivity index (χ3n) is 5.98. The Morgan fingerprint density at radius 2 is 1.75 bits per heavy atom. The highest BCUT2D eigenvalue weighted by Crippen LogP contribution is 2.38. The maximum Gasteiger partial charge on any atom is 0.295 e. The van der Waals surface area contributed by atoms with Crippen LogP contribution in [0.1, 0.15) is 36.0 Å². The molecule has 2 N–H and O–H groups in total. The number of amides is 1. The largest absolute Gasteiger partial charge is 0.493 e. The molecule has 0 aliphatic carbocycles. The summed E-state index contributed by atoms with van der Waals surface area (Å²) in [6.45, 7) is 2.83. The molecule has 1 aliphatic rings. The topological polar surface area (TPSA) is 89.9 Å². The summed E-state index contributed by atoms with van der Waals surface area (Å²) in [6, 6.07) is 12.5. The van der Waals surface area contributed by atoms with Crippen LogP contribution in [-0.4, -0.2) is 42.9 Å². The average molecular weight is 438 g/mol. The number of rotatable bonds is 6. The summed E-state index contributed by atoms with van der Waals surface area (Å²) >= 11 is 0. The molecule has 0 spiro atoms. The number of azo groups is 1. The molecule has 0 saturated carbocycles. The van der Waals surface area contributed by atoms with Crippen molar-refractivity contribution in [3.8, 4) is 17.4 Å². The number of carbonyl (C=O) groups is 1. The van der Waals surface area contributed by atoms with Crippen molar-refractivity contribution in [1.29, 1.82) is 0 Å². The molecule has 0 atom stereocenters. The van der Waals surface area contributed by atoms with Gasteiger partial charge in [0.2, 0.25) is 5.88 Å². The van der Waals surface area contributed by atoms with Crippen LogP contribution in [0, 0.1) is 0 Å². The fourth-order valence-corrected chi connectivity index (χ4v) is 4.26. The summed E-state index contributed by atoms with van der Waals surface area (Å²) in [5.74, 6) is 0.471. The van der Waals surface area contributed by atoms with E-state index in [1.807, 2.05) is 28.8 Å². The molecule has 2 heterocycles. The van der Waals surface area contributed by atoms with Crippen molar-refractivity contribution < 1.29 is 24.3 Å². The van der Waals surface area contributed by atoms with Gasteiger partial charge in [0.15, 0.2) is 23.9 Å². The Bertz CT molecular complexity index is 1130. The molecule has 4 rings (SSSR count). The second-order valence-electron chi connectivity index (χ2n) is 8.01. The number of fused-ring (bicyclic) bond motifs is 1. The lowest BCUT2D eigenvalue weighted by Crippen LogP contribution is -3.11. The zero-order chi connectivity index (χ0) is 22.5. The van der Waals surface area contributed by atoms with Gasteiger partial charge in [0, 0.05) is 10.9 Å². The molecule has 8 nitrogen and oxygen atoms in total. The van der Waals surface area contributed by atoms with Crippen molar-refractivity contribution in [2.24, 2.45) is 10.2 Å². The minimum absolute atomic E-state index is 0.0341. The molecule has 0 bridgehead atoms. The number of hydrogen-bond donors (Lipinski definition) is 2. The molecule has 0 radical (unpaired) electrons. The number of carbonyl (C=O) groups excluding carboxylic acids is 1. The van der Waals surface area contributed by atoms with Gasteiger partial charge in [0.1, 0.15) is 0 Å². The number of para-hydroxylation sites is 1. The van der Waals surface area contributed by atoms with E-state index in [1.165, 1.54) is 44.8 Å². The third-order valence-corrected chi connectivity index (χ3v) is 5.98. The van der Waals surface area contributed by atoms with E-state index >= 15 is 0 Å². The number of quaternary nitrogens is 1. The molecular weight excluding hydrogens is 408 g/mol. The van der Waals surface area contributed by atoms with E-state index in [4.69, 9.17) is 9.47 Å². The maximum atomic E-state index is 12.6. The third kappa shape index (κ3) is 4.45. The number of benzene rings is 2. The number of aromatic hydroxyl groups is 1. The second-order valence-corrected chi connectivity index (χ2v) is 8.01. The number of nitrogens with zero attached hydrogens (tertiary/aromatic N) is 3. The number of methoxy groups -OCH3 is 2. The molecule has 0 unspecified atom stereocenters. The second kappa shape index (κ2) is 9.82. The van der Waals surface area contributed by atoms with Gasteiger partial charge < -0.3 is 19.5 Å². The van der Waals surface area contributed by atoms with E-state index in [0.29, 0.717) is 29.4 Å². The highest BCUT2D eigenvalue weighted by atomic mass is 16.5. The van der Waals surface area contributed by atoms with Crippen LogP contribution in [0.15, 0.2) is 52.7 Å². The molecule has 32 heavy (non-hydrogen) atoms. The fraction of sp³-hybridized carbons (Fsp3) is 0.375. The minimum Gasteiger partial charge on any atom is -0.493 e. The highest BCUT2D eigenvalue weighted by molar-refractivity contribution is 5.97. The first kappa shape index (κ1) is 21.8. The van der Waals surface area contributed by atoms with Crippen LogP contribution in [0.5, 0.6) is 17.4 Å². The SMILES string of the molecule is COc1ccc(C(=O)N=Nc2c(O)n(C[NH+]3CCCCCC3)c3ccccc23)cc1OC. The lowest BCUT2D eigenvalue weighted by molar-refractivity contribution is -0.921. The summed E-state index contributed by atoms with van der Waals surface area (Å²) < 4.78 is 12.3. The first-order valence-corrected chi connectivity index (χ1v) is 10.9. The monoisotopic (exact) mass is 437 g/mol. The van der Waals surface area contributed by atoms with Crippen LogP contribution in [0.2, 0.25) is 0 Å². The van der Waals surface area contributed by atoms with Crippen molar-refractivity contribution >= 4 is 22.5 Å². The lowest BCUT2D eigenvalue weighted by Gasteiger charge is -2.18. The number of nitrogens with one attached hydrogen (secondary N) is 1. The van der Waals surface area contributed by atoms with Crippen molar-refractivity contribution in [3.05, 3.63) is 48.0 Å². The van der Waals surface area contributed by atoms with Gasteiger partial charge in [0.05, 0.1) is 32.8 Å². The summed E-state index contributed by atoms with van der Waals surface area (Å²) in [6.07, 6.45) is 4.92. The molecule has 168 valence electrons. The van der Waals surface area contributed by atoms with E-state index in [1.54, 1.807) is 18.2 Å². The Balaban J connectivity index is 1.63. The average Bonchev–Trinajstić information content (AvgIpc) is 2.97. The standard InChI is InChI=1S/C24H28N4O4/c1-31-20-12-11-17(15-21(20)32-2)23(29)26-25-22-18-9-5-6-10-19(18)28(24(22)30)16-27-13-7-3-4-8-14-27/h5-6,9-12,15,30H,3-4,7-8,13-14,16H2,1-2H3/p+1. The first-order valence-electron chi connectivity index (χ1n) is 10.9. The summed E-state index contributed by atoms with van der Waals surface area (Å²) in [5.41, 5.74) is 1.52. The Labute approximate surface area is 187 Å². The van der Waals surface area contributed by atoms with E-state index < -0.39 is 5.91 Å². The molecule has 1 aliphatic heterocycles. The van der Waals surface area contributed by atoms with Gasteiger partial charge in [-0.2, -0.15) is 0 Å². The van der Waals surface area contributed by atoms with Gasteiger partial charge in [-0.05, 0) is 49.9 Å². The van der Waals surface area contributed by atoms with Crippen LogP contribution >= 0.6 is 0 Å². The van der Waals surface area contributed by atoms with Crippen molar-refractivity contribution in [3.63, 3.8) is 0 Å². The number of hydrogen-bond acceptors (Lipinski definition) is 5. The van der Waals surface area contributed by atoms with Gasteiger partial charge in [0.25, 0.3) is 5.91 Å². The Morgan fingerprint density at radius 1 is 1.03 bits per heavy atom. The van der Waals surface area contributed by atoms with Gasteiger partial charge in [-0.25, -0.2) is 0 Å². The summed E-state index contributed by atoms with van der Waals surface area (Å²) in [5, 5.41) is 19.8. The van der Waals surface area contributed by atoms with E-state index in [0.717, 1.165) is 24.0 Å². The first-order chi connectivity index (χ1) is 15.6. The highest BCUT2D eigenvalue weighted by Gasteiger charge is 2.21. The van der Waals surface area contributed by atoms with Crippen LogP contribution < -0.4 is 14.4 Å². The Morgan fingerprint density at radius 3 is 2.47 bits per heavy atom. The Hall–Kier alpha value is -3.39. The Kier molecular flexibility index (Phi) is 6.70. The summed E-state index contributed by atoms with van der Waals surface area (Å²) in [7, 11) is 3.04. The molecule has 8 heteroatoms. The summed E-state index contributed by atoms with van der Waals surface area (Å²) in [4.78, 5) is 14.1. The van der Waals surface area contributed by atoms with E-state index in [9.17, 15) is 9.90 Å². The van der Waals surface area contributed by atoms with Crippen molar-refractivity contribution in [1.82, 2.24) is 4.57 Å². The van der Waals surface area contributed by atoms with Gasteiger partial charge in [-0.1, -0.05) is 18.2 Å². The van der Waals surface area contributed by atoms with E-state index in [-0.39, 0.29) is 5.88 Å². The van der Waals surface area contributed by atoms with Gasteiger partial charge in [-0.15, -0.1) is 10.2 Å².